The lowest BCUT2D eigenvalue weighted by atomic mass is 10.2. The van der Waals surface area contributed by atoms with Crippen molar-refractivity contribution in [2.45, 2.75) is 12.5 Å². The average molecular weight is 361 g/mol. The molecule has 1 saturated heterocycles. The number of amides is 2. The molecular weight excluding hydrogens is 344 g/mol. The first-order valence-electron chi connectivity index (χ1n) is 7.87. The first kappa shape index (κ1) is 17.2. The molecule has 25 heavy (non-hydrogen) atoms. The van der Waals surface area contributed by atoms with Crippen molar-refractivity contribution in [3.63, 3.8) is 0 Å². The summed E-state index contributed by atoms with van der Waals surface area (Å²) < 4.78 is 5.64. The van der Waals surface area contributed by atoms with Crippen LogP contribution >= 0.6 is 11.6 Å². The molecule has 0 saturated carbocycles. The highest BCUT2D eigenvalue weighted by Crippen LogP contribution is 2.16. The van der Waals surface area contributed by atoms with Crippen LogP contribution in [0.5, 0.6) is 6.01 Å². The van der Waals surface area contributed by atoms with Crippen LogP contribution in [0.1, 0.15) is 16.8 Å². The summed E-state index contributed by atoms with van der Waals surface area (Å²) in [5.74, 6) is -0.414. The van der Waals surface area contributed by atoms with E-state index in [1.54, 1.807) is 29.2 Å². The number of hydrogen-bond acceptors (Lipinski definition) is 5. The standard InChI is InChI=1S/C17H17ClN4O3/c18-13-8-20-17(21-9-13)25-14-6-7-22(11-14)15(23)10-19-16(24)12-4-2-1-3-5-12/h1-5,8-9,14H,6-7,10-11H2,(H,19,24)/t14-/m0/s1. The van der Waals surface area contributed by atoms with Crippen molar-refractivity contribution in [3.8, 4) is 6.01 Å². The summed E-state index contributed by atoms with van der Waals surface area (Å²) in [6.45, 7) is 0.961. The van der Waals surface area contributed by atoms with Crippen LogP contribution in [0, 0.1) is 0 Å². The van der Waals surface area contributed by atoms with Crippen LogP contribution in [0.4, 0.5) is 0 Å². The molecule has 1 aliphatic rings. The highest BCUT2D eigenvalue weighted by molar-refractivity contribution is 6.30. The number of nitrogens with one attached hydrogen (secondary N) is 1. The highest BCUT2D eigenvalue weighted by atomic mass is 35.5. The van der Waals surface area contributed by atoms with Gasteiger partial charge < -0.3 is 15.0 Å². The summed E-state index contributed by atoms with van der Waals surface area (Å²) in [6, 6.07) is 9.02. The smallest absolute Gasteiger partial charge is 0.316 e. The van der Waals surface area contributed by atoms with Crippen LogP contribution in [-0.4, -0.2) is 52.4 Å². The summed E-state index contributed by atoms with van der Waals surface area (Å²) in [6.07, 6.45) is 3.43. The molecule has 8 heteroatoms. The Balaban J connectivity index is 1.46. The quantitative estimate of drug-likeness (QED) is 0.874. The zero-order valence-corrected chi connectivity index (χ0v) is 14.1. The molecule has 0 radical (unpaired) electrons. The third-order valence-corrected chi connectivity index (χ3v) is 4.00. The first-order chi connectivity index (χ1) is 12.1. The van der Waals surface area contributed by atoms with E-state index in [9.17, 15) is 9.59 Å². The van der Waals surface area contributed by atoms with Crippen LogP contribution in [0.15, 0.2) is 42.7 Å². The molecule has 2 amide bonds. The summed E-state index contributed by atoms with van der Waals surface area (Å²) in [5, 5.41) is 3.07. The third-order valence-electron chi connectivity index (χ3n) is 3.80. The van der Waals surface area contributed by atoms with Crippen LogP contribution < -0.4 is 10.1 Å². The molecule has 2 aromatic rings. The highest BCUT2D eigenvalue weighted by Gasteiger charge is 2.28. The number of carbonyl (C=O) groups is 2. The number of ether oxygens (including phenoxy) is 1. The van der Waals surface area contributed by atoms with Crippen molar-refractivity contribution in [3.05, 3.63) is 53.3 Å². The summed E-state index contributed by atoms with van der Waals surface area (Å²) in [5.41, 5.74) is 0.526. The fraction of sp³-hybridized carbons (Fsp3) is 0.294. The minimum absolute atomic E-state index is 0.0438. The van der Waals surface area contributed by atoms with Crippen LogP contribution in [0.2, 0.25) is 5.02 Å². The Kier molecular flexibility index (Phi) is 5.45. The molecule has 0 bridgehead atoms. The van der Waals surface area contributed by atoms with E-state index in [0.717, 1.165) is 0 Å². The van der Waals surface area contributed by atoms with E-state index in [4.69, 9.17) is 16.3 Å². The fourth-order valence-corrected chi connectivity index (χ4v) is 2.62. The minimum atomic E-state index is -0.268. The van der Waals surface area contributed by atoms with Gasteiger partial charge >= 0.3 is 6.01 Å². The summed E-state index contributed by atoms with van der Waals surface area (Å²) >= 11 is 5.73. The van der Waals surface area contributed by atoms with Gasteiger partial charge in [0.1, 0.15) is 6.10 Å². The van der Waals surface area contributed by atoms with Crippen molar-refractivity contribution in [1.82, 2.24) is 20.2 Å². The summed E-state index contributed by atoms with van der Waals surface area (Å²) in [7, 11) is 0. The number of rotatable bonds is 5. The van der Waals surface area contributed by atoms with Crippen LogP contribution in [0.3, 0.4) is 0 Å². The Bertz CT molecular complexity index is 739. The number of halogens is 1. The van der Waals surface area contributed by atoms with Crippen LogP contribution in [0.25, 0.3) is 0 Å². The molecule has 1 fully saturated rings. The maximum Gasteiger partial charge on any atom is 0.316 e. The Hall–Kier alpha value is -2.67. The molecule has 0 spiro atoms. The molecule has 7 nitrogen and oxygen atoms in total. The molecule has 1 aromatic heterocycles. The van der Waals surface area contributed by atoms with E-state index in [1.807, 2.05) is 6.07 Å². The lowest BCUT2D eigenvalue weighted by Gasteiger charge is -2.17. The lowest BCUT2D eigenvalue weighted by molar-refractivity contribution is -0.129. The average Bonchev–Trinajstić information content (AvgIpc) is 3.10. The Morgan fingerprint density at radius 1 is 1.24 bits per heavy atom. The normalized spacial score (nSPS) is 16.5. The maximum atomic E-state index is 12.2. The Labute approximate surface area is 150 Å². The molecule has 1 aromatic carbocycles. The van der Waals surface area contributed by atoms with Crippen molar-refractivity contribution in [2.75, 3.05) is 19.6 Å². The predicted octanol–water partition coefficient (Wildman–Crippen LogP) is 1.54. The van der Waals surface area contributed by atoms with Gasteiger partial charge in [0.25, 0.3) is 5.91 Å². The van der Waals surface area contributed by atoms with Gasteiger partial charge in [-0.25, -0.2) is 9.97 Å². The molecule has 0 aliphatic carbocycles. The topological polar surface area (TPSA) is 84.4 Å². The monoisotopic (exact) mass is 360 g/mol. The SMILES string of the molecule is O=C(NCC(=O)N1CC[C@H](Oc2ncc(Cl)cn2)C1)c1ccccc1. The number of nitrogens with zero attached hydrogens (tertiary/aromatic N) is 3. The first-order valence-corrected chi connectivity index (χ1v) is 8.25. The molecule has 1 N–H and O–H groups in total. The van der Waals surface area contributed by atoms with Gasteiger partial charge in [-0.05, 0) is 12.1 Å². The van der Waals surface area contributed by atoms with E-state index >= 15 is 0 Å². The van der Waals surface area contributed by atoms with Gasteiger partial charge in [0.05, 0.1) is 30.5 Å². The van der Waals surface area contributed by atoms with Crippen molar-refractivity contribution >= 4 is 23.4 Å². The number of aromatic nitrogens is 2. The molecule has 0 unspecified atom stereocenters. The summed E-state index contributed by atoms with van der Waals surface area (Å²) in [4.78, 5) is 33.8. The number of benzene rings is 1. The molecule has 130 valence electrons. The fourth-order valence-electron chi connectivity index (χ4n) is 2.52. The van der Waals surface area contributed by atoms with E-state index < -0.39 is 0 Å². The number of likely N-dealkylation sites (tertiary alicyclic amines) is 1. The Morgan fingerprint density at radius 3 is 2.68 bits per heavy atom. The van der Waals surface area contributed by atoms with Gasteiger partial charge in [-0.3, -0.25) is 9.59 Å². The van der Waals surface area contributed by atoms with E-state index in [1.165, 1.54) is 12.4 Å². The molecule has 1 aliphatic heterocycles. The molecule has 2 heterocycles. The number of hydrogen-bond donors (Lipinski definition) is 1. The third kappa shape index (κ3) is 4.67. The van der Waals surface area contributed by atoms with Gasteiger partial charge in [-0.2, -0.15) is 0 Å². The van der Waals surface area contributed by atoms with Gasteiger partial charge in [0, 0.05) is 18.5 Å². The second-order valence-corrected chi connectivity index (χ2v) is 6.04. The van der Waals surface area contributed by atoms with Gasteiger partial charge in [-0.1, -0.05) is 29.8 Å². The van der Waals surface area contributed by atoms with Gasteiger partial charge in [0.2, 0.25) is 5.91 Å². The van der Waals surface area contributed by atoms with Gasteiger partial charge in [-0.15, -0.1) is 0 Å². The zero-order chi connectivity index (χ0) is 17.6. The molecule has 1 atom stereocenters. The largest absolute Gasteiger partial charge is 0.458 e. The van der Waals surface area contributed by atoms with E-state index in [2.05, 4.69) is 15.3 Å². The van der Waals surface area contributed by atoms with Gasteiger partial charge in [0.15, 0.2) is 0 Å². The van der Waals surface area contributed by atoms with Crippen molar-refractivity contribution in [2.24, 2.45) is 0 Å². The predicted molar refractivity (Wildman–Crippen MR) is 91.4 cm³/mol. The minimum Gasteiger partial charge on any atom is -0.458 e. The maximum absolute atomic E-state index is 12.2. The lowest BCUT2D eigenvalue weighted by Crippen LogP contribution is -2.39. The molecule has 3 rings (SSSR count). The zero-order valence-electron chi connectivity index (χ0n) is 13.4. The second kappa shape index (κ2) is 7.94. The number of carbonyl (C=O) groups excluding carboxylic acids is 2. The molecular formula is C17H17ClN4O3. The second-order valence-electron chi connectivity index (χ2n) is 5.60. The van der Waals surface area contributed by atoms with E-state index in [0.29, 0.717) is 30.1 Å². The van der Waals surface area contributed by atoms with E-state index in [-0.39, 0.29) is 30.5 Å². The van der Waals surface area contributed by atoms with Crippen LogP contribution in [-0.2, 0) is 4.79 Å². The van der Waals surface area contributed by atoms with Crippen molar-refractivity contribution in [1.29, 1.82) is 0 Å². The van der Waals surface area contributed by atoms with Crippen molar-refractivity contribution < 1.29 is 14.3 Å². The Morgan fingerprint density at radius 2 is 1.96 bits per heavy atom.